The van der Waals surface area contributed by atoms with E-state index in [4.69, 9.17) is 4.74 Å². The van der Waals surface area contributed by atoms with Gasteiger partial charge >= 0.3 is 11.9 Å². The fraction of sp³-hybridized carbons (Fsp3) is 0.529. The Morgan fingerprint density at radius 3 is 2.14 bits per heavy atom. The van der Waals surface area contributed by atoms with Gasteiger partial charge in [-0.05, 0) is 24.8 Å². The highest BCUT2D eigenvalue weighted by atomic mass is 16.5. The molecule has 0 aliphatic heterocycles. The molecule has 0 aliphatic carbocycles. The van der Waals surface area contributed by atoms with Gasteiger partial charge in [-0.1, -0.05) is 57.0 Å². The maximum atomic E-state index is 12.5. The molecule has 0 amide bonds. The van der Waals surface area contributed by atoms with Crippen LogP contribution in [0.5, 0.6) is 0 Å². The van der Waals surface area contributed by atoms with Crippen LogP contribution in [0, 0.1) is 11.3 Å². The van der Waals surface area contributed by atoms with Crippen LogP contribution in [0.3, 0.4) is 0 Å². The van der Waals surface area contributed by atoms with Gasteiger partial charge < -0.3 is 9.84 Å². The minimum atomic E-state index is -1.51. The first-order valence-electron chi connectivity index (χ1n) is 7.47. The van der Waals surface area contributed by atoms with Crippen molar-refractivity contribution in [3.63, 3.8) is 0 Å². The molecule has 4 heteroatoms. The number of carboxylic acid groups (broad SMARTS) is 1. The summed E-state index contributed by atoms with van der Waals surface area (Å²) in [6, 6.07) is 9.26. The molecule has 0 saturated carbocycles. The zero-order valence-electron chi connectivity index (χ0n) is 13.0. The number of benzene rings is 1. The van der Waals surface area contributed by atoms with Crippen molar-refractivity contribution in [1.82, 2.24) is 0 Å². The third-order valence-corrected chi connectivity index (χ3v) is 4.03. The van der Waals surface area contributed by atoms with E-state index in [2.05, 4.69) is 0 Å². The van der Waals surface area contributed by atoms with E-state index < -0.39 is 17.4 Å². The lowest BCUT2D eigenvalue weighted by molar-refractivity contribution is -0.173. The van der Waals surface area contributed by atoms with Gasteiger partial charge in [-0.2, -0.15) is 0 Å². The number of aliphatic carboxylic acids is 1. The Morgan fingerprint density at radius 2 is 1.71 bits per heavy atom. The van der Waals surface area contributed by atoms with E-state index in [1.165, 1.54) is 0 Å². The number of esters is 1. The molecule has 1 rings (SSSR count). The van der Waals surface area contributed by atoms with Crippen LogP contribution in [0.1, 0.15) is 39.2 Å². The number of carboxylic acids is 1. The van der Waals surface area contributed by atoms with Crippen LogP contribution in [-0.2, 0) is 20.7 Å². The molecule has 0 aliphatic rings. The molecule has 4 nitrogen and oxygen atoms in total. The van der Waals surface area contributed by atoms with Crippen molar-refractivity contribution in [3.8, 4) is 0 Å². The topological polar surface area (TPSA) is 63.6 Å². The largest absolute Gasteiger partial charge is 0.480 e. The number of hydrogen-bond donors (Lipinski definition) is 1. The SMILES string of the molecule is CCOC(=O)C(Cc1ccccc1)(C(=O)O)C(CC)CC. The molecule has 1 N–H and O–H groups in total. The average Bonchev–Trinajstić information content (AvgIpc) is 2.48. The maximum absolute atomic E-state index is 12.5. The summed E-state index contributed by atoms with van der Waals surface area (Å²) in [6.45, 7) is 5.70. The summed E-state index contributed by atoms with van der Waals surface area (Å²) in [5.41, 5.74) is -0.680. The van der Waals surface area contributed by atoms with Crippen LogP contribution in [0.4, 0.5) is 0 Å². The first kappa shape index (κ1) is 17.2. The van der Waals surface area contributed by atoms with Gasteiger partial charge in [0.05, 0.1) is 6.61 Å². The number of hydrogen-bond acceptors (Lipinski definition) is 3. The van der Waals surface area contributed by atoms with Gasteiger partial charge in [0.2, 0.25) is 0 Å². The van der Waals surface area contributed by atoms with Crippen molar-refractivity contribution in [1.29, 1.82) is 0 Å². The summed E-state index contributed by atoms with van der Waals surface area (Å²) < 4.78 is 5.11. The molecule has 21 heavy (non-hydrogen) atoms. The van der Waals surface area contributed by atoms with Crippen molar-refractivity contribution < 1.29 is 19.4 Å². The molecule has 0 aromatic heterocycles. The van der Waals surface area contributed by atoms with E-state index in [9.17, 15) is 14.7 Å². The standard InChI is InChI=1S/C17H24O4/c1-4-14(5-2)17(15(18)19,16(20)21-6-3)12-13-10-8-7-9-11-13/h7-11,14H,4-6,12H2,1-3H3,(H,18,19). The Bertz CT molecular complexity index is 465. The summed E-state index contributed by atoms with van der Waals surface area (Å²) in [4.78, 5) is 24.5. The van der Waals surface area contributed by atoms with Crippen LogP contribution in [0.2, 0.25) is 0 Å². The fourth-order valence-electron chi connectivity index (χ4n) is 2.88. The van der Waals surface area contributed by atoms with Crippen molar-refractivity contribution in [3.05, 3.63) is 35.9 Å². The molecule has 0 radical (unpaired) electrons. The highest BCUT2D eigenvalue weighted by Crippen LogP contribution is 2.38. The number of rotatable bonds is 8. The fourth-order valence-corrected chi connectivity index (χ4v) is 2.88. The highest BCUT2D eigenvalue weighted by molar-refractivity contribution is 6.00. The molecule has 0 bridgehead atoms. The molecule has 1 aromatic rings. The third-order valence-electron chi connectivity index (χ3n) is 4.03. The van der Waals surface area contributed by atoms with Crippen molar-refractivity contribution in [2.24, 2.45) is 11.3 Å². The molecule has 1 atom stereocenters. The number of ether oxygens (including phenoxy) is 1. The molecule has 0 spiro atoms. The molecule has 0 fully saturated rings. The third kappa shape index (κ3) is 3.63. The Balaban J connectivity index is 3.29. The summed E-state index contributed by atoms with van der Waals surface area (Å²) >= 11 is 0. The minimum absolute atomic E-state index is 0.161. The van der Waals surface area contributed by atoms with Crippen LogP contribution in [-0.4, -0.2) is 23.7 Å². The van der Waals surface area contributed by atoms with Crippen LogP contribution in [0.15, 0.2) is 30.3 Å². The monoisotopic (exact) mass is 292 g/mol. The first-order valence-corrected chi connectivity index (χ1v) is 7.47. The van der Waals surface area contributed by atoms with E-state index in [1.807, 2.05) is 44.2 Å². The number of carbonyl (C=O) groups excluding carboxylic acids is 1. The Labute approximate surface area is 126 Å². The highest BCUT2D eigenvalue weighted by Gasteiger charge is 2.52. The second-order valence-electron chi connectivity index (χ2n) is 5.17. The molecule has 1 aromatic carbocycles. The van der Waals surface area contributed by atoms with Gasteiger partial charge in [0, 0.05) is 0 Å². The van der Waals surface area contributed by atoms with E-state index in [1.54, 1.807) is 6.92 Å². The van der Waals surface area contributed by atoms with Crippen LogP contribution >= 0.6 is 0 Å². The molecular weight excluding hydrogens is 268 g/mol. The summed E-state index contributed by atoms with van der Waals surface area (Å²) in [5, 5.41) is 9.81. The van der Waals surface area contributed by atoms with Crippen molar-refractivity contribution in [2.45, 2.75) is 40.0 Å². The average molecular weight is 292 g/mol. The summed E-state index contributed by atoms with van der Waals surface area (Å²) in [6.07, 6.45) is 1.40. The second-order valence-corrected chi connectivity index (χ2v) is 5.17. The quantitative estimate of drug-likeness (QED) is 0.590. The zero-order valence-corrected chi connectivity index (χ0v) is 13.0. The predicted molar refractivity (Wildman–Crippen MR) is 80.9 cm³/mol. The van der Waals surface area contributed by atoms with E-state index >= 15 is 0 Å². The van der Waals surface area contributed by atoms with Crippen LogP contribution in [0.25, 0.3) is 0 Å². The van der Waals surface area contributed by atoms with Gasteiger partial charge in [-0.15, -0.1) is 0 Å². The lowest BCUT2D eigenvalue weighted by Crippen LogP contribution is -2.48. The molecule has 1 unspecified atom stereocenters. The van der Waals surface area contributed by atoms with Gasteiger partial charge in [0.15, 0.2) is 5.41 Å². The smallest absolute Gasteiger partial charge is 0.324 e. The van der Waals surface area contributed by atoms with E-state index in [-0.39, 0.29) is 18.9 Å². The molecule has 116 valence electrons. The number of carbonyl (C=O) groups is 2. The second kappa shape index (κ2) is 7.81. The van der Waals surface area contributed by atoms with Gasteiger partial charge in [-0.25, -0.2) is 0 Å². The van der Waals surface area contributed by atoms with Gasteiger partial charge in [0.25, 0.3) is 0 Å². The summed E-state index contributed by atoms with van der Waals surface area (Å²) in [5.74, 6) is -1.98. The van der Waals surface area contributed by atoms with Crippen LogP contribution < -0.4 is 0 Å². The van der Waals surface area contributed by atoms with Gasteiger partial charge in [-0.3, -0.25) is 9.59 Å². The molecule has 0 saturated heterocycles. The minimum Gasteiger partial charge on any atom is -0.480 e. The zero-order chi connectivity index (χ0) is 15.9. The summed E-state index contributed by atoms with van der Waals surface area (Å²) in [7, 11) is 0. The Morgan fingerprint density at radius 1 is 1.14 bits per heavy atom. The Kier molecular flexibility index (Phi) is 6.40. The lowest BCUT2D eigenvalue weighted by Gasteiger charge is -2.34. The first-order chi connectivity index (χ1) is 10.0. The maximum Gasteiger partial charge on any atom is 0.324 e. The lowest BCUT2D eigenvalue weighted by atomic mass is 9.69. The van der Waals surface area contributed by atoms with E-state index in [0.717, 1.165) is 5.56 Å². The molecule has 0 heterocycles. The molecular formula is C17H24O4. The Hall–Kier alpha value is -1.84. The predicted octanol–water partition coefficient (Wildman–Crippen LogP) is 3.30. The normalized spacial score (nSPS) is 13.7. The van der Waals surface area contributed by atoms with Gasteiger partial charge in [0.1, 0.15) is 0 Å². The van der Waals surface area contributed by atoms with Crippen molar-refractivity contribution in [2.75, 3.05) is 6.61 Å². The van der Waals surface area contributed by atoms with Crippen molar-refractivity contribution >= 4 is 11.9 Å². The van der Waals surface area contributed by atoms with E-state index in [0.29, 0.717) is 12.8 Å².